The lowest BCUT2D eigenvalue weighted by molar-refractivity contribution is -0.131. The van der Waals surface area contributed by atoms with Crippen LogP contribution < -0.4 is 0 Å². The molecule has 3 aliphatic rings. The van der Waals surface area contributed by atoms with Gasteiger partial charge in [0.2, 0.25) is 0 Å². The summed E-state index contributed by atoms with van der Waals surface area (Å²) >= 11 is 0. The van der Waals surface area contributed by atoms with Crippen LogP contribution >= 0.6 is 0 Å². The van der Waals surface area contributed by atoms with Crippen molar-refractivity contribution in [1.29, 1.82) is 0 Å². The van der Waals surface area contributed by atoms with Gasteiger partial charge in [0.05, 0.1) is 0 Å². The van der Waals surface area contributed by atoms with Crippen molar-refractivity contribution >= 4 is 5.97 Å². The molecule has 0 heterocycles. The average Bonchev–Trinajstić information content (AvgIpc) is 2.52. The van der Waals surface area contributed by atoms with E-state index >= 15 is 0 Å². The topological polar surface area (TPSA) is 37.3 Å². The third kappa shape index (κ3) is 4.41. The molecular weight excluding hydrogens is 332 g/mol. The molecule has 0 aliphatic heterocycles. The van der Waals surface area contributed by atoms with E-state index in [0.29, 0.717) is 22.7 Å². The van der Waals surface area contributed by atoms with Crippen LogP contribution in [0.5, 0.6) is 0 Å². The molecule has 0 aromatic rings. The van der Waals surface area contributed by atoms with Gasteiger partial charge in [-0.3, -0.25) is 0 Å². The first-order valence-corrected chi connectivity index (χ1v) is 10.9. The van der Waals surface area contributed by atoms with Crippen molar-refractivity contribution < 1.29 is 9.90 Å². The molecule has 27 heavy (non-hydrogen) atoms. The molecule has 0 spiro atoms. The Morgan fingerprint density at radius 1 is 1.26 bits per heavy atom. The molecule has 0 saturated heterocycles. The number of rotatable bonds is 5. The lowest BCUT2D eigenvalue weighted by Gasteiger charge is -2.54. The van der Waals surface area contributed by atoms with Crippen LogP contribution in [0.1, 0.15) is 86.0 Å². The normalized spacial score (nSPS) is 32.0. The van der Waals surface area contributed by atoms with E-state index in [4.69, 9.17) is 5.11 Å². The summed E-state index contributed by atoms with van der Waals surface area (Å²) in [6.07, 6.45) is 16.3. The van der Waals surface area contributed by atoms with Crippen LogP contribution in [0.4, 0.5) is 0 Å². The SMILES string of the molecule is CC(=CC(=O)O)CCCC1CCCC2=CC3=CC(C)(C)CCC3C(C)(C)C21. The number of aliphatic carboxylic acids is 1. The Labute approximate surface area is 165 Å². The molecule has 0 amide bonds. The molecule has 0 bridgehead atoms. The predicted octanol–water partition coefficient (Wildman–Crippen LogP) is 6.93. The summed E-state index contributed by atoms with van der Waals surface area (Å²) in [6, 6.07) is 0. The molecule has 3 atom stereocenters. The number of carbonyl (C=O) groups is 1. The highest BCUT2D eigenvalue weighted by Crippen LogP contribution is 2.58. The second-order valence-corrected chi connectivity index (χ2v) is 10.6. The summed E-state index contributed by atoms with van der Waals surface area (Å²) in [7, 11) is 0. The van der Waals surface area contributed by atoms with Gasteiger partial charge in [0, 0.05) is 6.08 Å². The third-order valence-corrected chi connectivity index (χ3v) is 7.52. The van der Waals surface area contributed by atoms with Crippen LogP contribution in [-0.2, 0) is 4.79 Å². The number of hydrogen-bond donors (Lipinski definition) is 1. The lowest BCUT2D eigenvalue weighted by Crippen LogP contribution is -2.44. The van der Waals surface area contributed by atoms with E-state index in [1.165, 1.54) is 44.6 Å². The number of fused-ring (bicyclic) bond motifs is 2. The lowest BCUT2D eigenvalue weighted by atomic mass is 9.51. The van der Waals surface area contributed by atoms with Gasteiger partial charge in [0.15, 0.2) is 0 Å². The molecule has 0 radical (unpaired) electrons. The first-order chi connectivity index (χ1) is 12.6. The monoisotopic (exact) mass is 370 g/mol. The maximum Gasteiger partial charge on any atom is 0.328 e. The summed E-state index contributed by atoms with van der Waals surface area (Å²) in [5.41, 5.74) is 4.99. The maximum atomic E-state index is 10.8. The van der Waals surface area contributed by atoms with Gasteiger partial charge in [-0.25, -0.2) is 4.79 Å². The summed E-state index contributed by atoms with van der Waals surface area (Å²) < 4.78 is 0. The van der Waals surface area contributed by atoms with Crippen LogP contribution in [0, 0.1) is 28.6 Å². The quantitative estimate of drug-likeness (QED) is 0.533. The minimum Gasteiger partial charge on any atom is -0.478 e. The molecule has 0 aromatic heterocycles. The van der Waals surface area contributed by atoms with E-state index < -0.39 is 5.97 Å². The molecule has 3 rings (SSSR count). The summed E-state index contributed by atoms with van der Waals surface area (Å²) in [6.45, 7) is 11.8. The van der Waals surface area contributed by atoms with E-state index in [1.807, 2.05) is 6.92 Å². The fourth-order valence-electron chi connectivity index (χ4n) is 6.36. The van der Waals surface area contributed by atoms with Crippen molar-refractivity contribution in [1.82, 2.24) is 0 Å². The number of allylic oxidation sites excluding steroid dienone is 5. The van der Waals surface area contributed by atoms with Crippen molar-refractivity contribution in [2.75, 3.05) is 0 Å². The fraction of sp³-hybridized carbons (Fsp3) is 0.720. The van der Waals surface area contributed by atoms with E-state index in [9.17, 15) is 4.79 Å². The van der Waals surface area contributed by atoms with Gasteiger partial charge >= 0.3 is 5.97 Å². The molecule has 1 N–H and O–H groups in total. The molecule has 3 unspecified atom stereocenters. The Kier molecular flexibility index (Phi) is 5.75. The summed E-state index contributed by atoms with van der Waals surface area (Å²) in [4.78, 5) is 10.8. The van der Waals surface area contributed by atoms with Crippen LogP contribution in [0.15, 0.2) is 34.9 Å². The van der Waals surface area contributed by atoms with Gasteiger partial charge in [0.1, 0.15) is 0 Å². The molecule has 2 heteroatoms. The van der Waals surface area contributed by atoms with Gasteiger partial charge in [-0.15, -0.1) is 0 Å². The largest absolute Gasteiger partial charge is 0.478 e. The third-order valence-electron chi connectivity index (χ3n) is 7.52. The van der Waals surface area contributed by atoms with Gasteiger partial charge in [-0.2, -0.15) is 0 Å². The summed E-state index contributed by atoms with van der Waals surface area (Å²) in [5, 5.41) is 8.91. The predicted molar refractivity (Wildman–Crippen MR) is 113 cm³/mol. The Morgan fingerprint density at radius 3 is 2.70 bits per heavy atom. The standard InChI is InChI=1S/C25H38O2/c1-17(14-22(26)27)8-6-9-18-10-7-11-19-15-20-16-24(2,3)13-12-21(20)25(4,5)23(18)19/h14-16,18,21,23H,6-13H2,1-5H3,(H,26,27). The van der Waals surface area contributed by atoms with Crippen molar-refractivity contribution in [2.24, 2.45) is 28.6 Å². The first kappa shape index (κ1) is 20.4. The maximum absolute atomic E-state index is 10.8. The van der Waals surface area contributed by atoms with Gasteiger partial charge in [-0.05, 0) is 92.4 Å². The second kappa shape index (κ2) is 7.60. The zero-order valence-corrected chi connectivity index (χ0v) is 18.0. The van der Waals surface area contributed by atoms with Gasteiger partial charge in [-0.1, -0.05) is 51.0 Å². The van der Waals surface area contributed by atoms with Crippen molar-refractivity contribution in [2.45, 2.75) is 86.0 Å². The number of carboxylic acids is 1. The Balaban J connectivity index is 1.77. The highest BCUT2D eigenvalue weighted by atomic mass is 16.4. The Morgan fingerprint density at radius 2 is 2.00 bits per heavy atom. The number of hydrogen-bond acceptors (Lipinski definition) is 1. The van der Waals surface area contributed by atoms with E-state index in [0.717, 1.165) is 24.3 Å². The second-order valence-electron chi connectivity index (χ2n) is 10.6. The van der Waals surface area contributed by atoms with Crippen molar-refractivity contribution in [3.8, 4) is 0 Å². The van der Waals surface area contributed by atoms with Crippen LogP contribution in [0.2, 0.25) is 0 Å². The van der Waals surface area contributed by atoms with E-state index in [2.05, 4.69) is 39.8 Å². The Hall–Kier alpha value is -1.31. The highest BCUT2D eigenvalue weighted by Gasteiger charge is 2.49. The fourth-order valence-corrected chi connectivity index (χ4v) is 6.36. The minimum absolute atomic E-state index is 0.337. The molecule has 2 nitrogen and oxygen atoms in total. The molecule has 150 valence electrons. The average molecular weight is 371 g/mol. The molecule has 1 saturated carbocycles. The van der Waals surface area contributed by atoms with Crippen LogP contribution in [-0.4, -0.2) is 11.1 Å². The van der Waals surface area contributed by atoms with Gasteiger partial charge < -0.3 is 5.11 Å². The van der Waals surface area contributed by atoms with E-state index in [1.54, 1.807) is 11.1 Å². The zero-order valence-electron chi connectivity index (χ0n) is 18.0. The number of carboxylic acid groups (broad SMARTS) is 1. The van der Waals surface area contributed by atoms with Crippen molar-refractivity contribution in [3.63, 3.8) is 0 Å². The van der Waals surface area contributed by atoms with Gasteiger partial charge in [0.25, 0.3) is 0 Å². The smallest absolute Gasteiger partial charge is 0.328 e. The van der Waals surface area contributed by atoms with E-state index in [-0.39, 0.29) is 0 Å². The molecule has 0 aromatic carbocycles. The first-order valence-electron chi connectivity index (χ1n) is 10.9. The zero-order chi connectivity index (χ0) is 19.8. The molecular formula is C25H38O2. The van der Waals surface area contributed by atoms with Crippen LogP contribution in [0.3, 0.4) is 0 Å². The van der Waals surface area contributed by atoms with Crippen LogP contribution in [0.25, 0.3) is 0 Å². The Bertz CT molecular complexity index is 674. The summed E-state index contributed by atoms with van der Waals surface area (Å²) in [5.74, 6) is 1.35. The molecule has 1 fully saturated rings. The molecule has 3 aliphatic carbocycles. The van der Waals surface area contributed by atoms with Crippen molar-refractivity contribution in [3.05, 3.63) is 34.9 Å². The highest BCUT2D eigenvalue weighted by molar-refractivity contribution is 5.80. The minimum atomic E-state index is -0.816.